The summed E-state index contributed by atoms with van der Waals surface area (Å²) >= 11 is 0.894. The zero-order valence-corrected chi connectivity index (χ0v) is 13.2. The summed E-state index contributed by atoms with van der Waals surface area (Å²) in [6.45, 7) is 5.25. The Kier molecular flexibility index (Phi) is 5.33. The Morgan fingerprint density at radius 1 is 1.62 bits per heavy atom. The first-order valence-electron chi connectivity index (χ1n) is 6.58. The number of hydrogen-bond acceptors (Lipinski definition) is 6. The van der Waals surface area contributed by atoms with Gasteiger partial charge in [0.2, 0.25) is 10.0 Å². The van der Waals surface area contributed by atoms with E-state index in [0.29, 0.717) is 13.2 Å². The molecule has 21 heavy (non-hydrogen) atoms. The van der Waals surface area contributed by atoms with Crippen LogP contribution in [0.1, 0.15) is 17.3 Å². The van der Waals surface area contributed by atoms with Crippen molar-refractivity contribution in [1.29, 1.82) is 0 Å². The maximum absolute atomic E-state index is 12.1. The highest BCUT2D eigenvalue weighted by atomic mass is 32.2. The van der Waals surface area contributed by atoms with Gasteiger partial charge in [0.15, 0.2) is 0 Å². The van der Waals surface area contributed by atoms with Gasteiger partial charge in [0, 0.05) is 25.0 Å². The molecule has 2 rings (SSSR count). The highest BCUT2D eigenvalue weighted by Gasteiger charge is 2.23. The zero-order valence-electron chi connectivity index (χ0n) is 11.6. The number of nitrogens with zero attached hydrogens (tertiary/aromatic N) is 1. The average molecular weight is 334 g/mol. The number of carboxylic acid groups (broad SMARTS) is 1. The van der Waals surface area contributed by atoms with Crippen LogP contribution >= 0.6 is 11.3 Å². The van der Waals surface area contributed by atoms with Gasteiger partial charge in [-0.15, -0.1) is 11.3 Å². The Hall–Kier alpha value is -1.00. The van der Waals surface area contributed by atoms with Crippen molar-refractivity contribution in [3.8, 4) is 0 Å². The lowest BCUT2D eigenvalue weighted by atomic mass is 10.3. The lowest BCUT2D eigenvalue weighted by Crippen LogP contribution is -2.47. The van der Waals surface area contributed by atoms with Crippen molar-refractivity contribution in [3.05, 3.63) is 17.0 Å². The predicted octanol–water partition coefficient (Wildman–Crippen LogP) is 0.445. The molecular formula is C12H18N2O5S2. The highest BCUT2D eigenvalue weighted by molar-refractivity contribution is 7.91. The molecule has 2 N–H and O–H groups in total. The van der Waals surface area contributed by atoms with E-state index >= 15 is 0 Å². The van der Waals surface area contributed by atoms with Gasteiger partial charge < -0.3 is 9.84 Å². The Morgan fingerprint density at radius 2 is 2.38 bits per heavy atom. The third kappa shape index (κ3) is 4.24. The molecule has 0 bridgehead atoms. The van der Waals surface area contributed by atoms with Crippen molar-refractivity contribution in [2.45, 2.75) is 17.2 Å². The van der Waals surface area contributed by atoms with Crippen LogP contribution in [0.15, 0.2) is 15.7 Å². The average Bonchev–Trinajstić information content (AvgIpc) is 2.96. The Labute approximate surface area is 127 Å². The lowest BCUT2D eigenvalue weighted by Gasteiger charge is -2.31. The minimum absolute atomic E-state index is 0.00283. The number of rotatable bonds is 6. The number of nitrogens with one attached hydrogen (secondary N) is 1. The molecule has 1 unspecified atom stereocenters. The van der Waals surface area contributed by atoms with Crippen LogP contribution in [0.4, 0.5) is 0 Å². The molecule has 7 nitrogen and oxygen atoms in total. The number of sulfonamides is 1. The van der Waals surface area contributed by atoms with Crippen molar-refractivity contribution in [2.24, 2.45) is 0 Å². The number of morpholine rings is 1. The summed E-state index contributed by atoms with van der Waals surface area (Å²) in [6, 6.07) is 1.16. The van der Waals surface area contributed by atoms with E-state index in [9.17, 15) is 13.2 Å². The monoisotopic (exact) mass is 334 g/mol. The summed E-state index contributed by atoms with van der Waals surface area (Å²) in [5.41, 5.74) is -0.0218. The summed E-state index contributed by atoms with van der Waals surface area (Å²) < 4.78 is 32.2. The molecule has 1 aliphatic heterocycles. The second kappa shape index (κ2) is 6.84. The summed E-state index contributed by atoms with van der Waals surface area (Å²) in [4.78, 5) is 13.0. The van der Waals surface area contributed by atoms with Gasteiger partial charge in [-0.2, -0.15) is 0 Å². The van der Waals surface area contributed by atoms with Gasteiger partial charge >= 0.3 is 5.97 Å². The third-order valence-corrected chi connectivity index (χ3v) is 6.12. The molecule has 9 heteroatoms. The first-order valence-corrected chi connectivity index (χ1v) is 8.94. The number of thiophene rings is 1. The van der Waals surface area contributed by atoms with Gasteiger partial charge in [0.05, 0.1) is 18.3 Å². The van der Waals surface area contributed by atoms with Crippen LogP contribution in [0, 0.1) is 0 Å². The number of aromatic carboxylic acids is 1. The van der Waals surface area contributed by atoms with Gasteiger partial charge in [-0.1, -0.05) is 6.92 Å². The number of carboxylic acids is 1. The van der Waals surface area contributed by atoms with Gasteiger partial charge in [-0.25, -0.2) is 17.9 Å². The van der Waals surface area contributed by atoms with Crippen molar-refractivity contribution < 1.29 is 23.1 Å². The molecule has 1 fully saturated rings. The van der Waals surface area contributed by atoms with Crippen molar-refractivity contribution in [2.75, 3.05) is 32.8 Å². The highest BCUT2D eigenvalue weighted by Crippen LogP contribution is 2.20. The van der Waals surface area contributed by atoms with E-state index in [1.807, 2.05) is 6.92 Å². The molecule has 0 aliphatic carbocycles. The molecular weight excluding hydrogens is 316 g/mol. The summed E-state index contributed by atoms with van der Waals surface area (Å²) in [5, 5.41) is 10.1. The predicted molar refractivity (Wildman–Crippen MR) is 78.3 cm³/mol. The molecule has 0 radical (unpaired) electrons. The minimum Gasteiger partial charge on any atom is -0.478 e. The quantitative estimate of drug-likeness (QED) is 0.784. The summed E-state index contributed by atoms with van der Waals surface area (Å²) in [6.07, 6.45) is -0.188. The number of carbonyl (C=O) groups is 1. The molecule has 0 amide bonds. The van der Waals surface area contributed by atoms with Crippen LogP contribution in [0.3, 0.4) is 0 Å². The maximum atomic E-state index is 12.1. The van der Waals surface area contributed by atoms with Gasteiger partial charge in [0.1, 0.15) is 4.21 Å². The normalized spacial score (nSPS) is 20.5. The molecule has 1 aromatic heterocycles. The minimum atomic E-state index is -3.69. The van der Waals surface area contributed by atoms with Crippen LogP contribution in [-0.2, 0) is 14.8 Å². The lowest BCUT2D eigenvalue weighted by molar-refractivity contribution is -0.0229. The second-order valence-electron chi connectivity index (χ2n) is 4.70. The smallest absolute Gasteiger partial charge is 0.336 e. The number of ether oxygens (including phenoxy) is 1. The largest absolute Gasteiger partial charge is 0.478 e. The van der Waals surface area contributed by atoms with E-state index in [1.165, 1.54) is 5.38 Å². The van der Waals surface area contributed by atoms with Crippen LogP contribution in [0.2, 0.25) is 0 Å². The molecule has 0 spiro atoms. The molecule has 0 aromatic carbocycles. The Balaban J connectivity index is 1.96. The standard InChI is InChI=1S/C12H18N2O5S2/c1-2-14-3-4-19-10(7-14)6-13-21(17,18)11-5-9(8-20-11)12(15)16/h5,8,10,13H,2-4,6-7H2,1H3,(H,15,16). The second-order valence-corrected chi connectivity index (χ2v) is 7.60. The Morgan fingerprint density at radius 3 is 3.00 bits per heavy atom. The third-order valence-electron chi connectivity index (χ3n) is 3.26. The fourth-order valence-corrected chi connectivity index (χ4v) is 4.30. The molecule has 2 heterocycles. The molecule has 0 saturated carbocycles. The summed E-state index contributed by atoms with van der Waals surface area (Å²) in [7, 11) is -3.69. The van der Waals surface area contributed by atoms with Crippen molar-refractivity contribution in [3.63, 3.8) is 0 Å². The van der Waals surface area contributed by atoms with Gasteiger partial charge in [-0.3, -0.25) is 4.90 Å². The van der Waals surface area contributed by atoms with E-state index < -0.39 is 16.0 Å². The SMILES string of the molecule is CCN1CCOC(CNS(=O)(=O)c2cc(C(=O)O)cs2)C1. The molecule has 118 valence electrons. The topological polar surface area (TPSA) is 95.9 Å². The molecule has 1 saturated heterocycles. The van der Waals surface area contributed by atoms with Crippen LogP contribution in [0.25, 0.3) is 0 Å². The van der Waals surface area contributed by atoms with Crippen molar-refractivity contribution >= 4 is 27.3 Å². The van der Waals surface area contributed by atoms with E-state index in [-0.39, 0.29) is 22.4 Å². The zero-order chi connectivity index (χ0) is 15.5. The summed E-state index contributed by atoms with van der Waals surface area (Å²) in [5.74, 6) is -1.14. The van der Waals surface area contributed by atoms with E-state index in [0.717, 1.165) is 30.5 Å². The fourth-order valence-electron chi connectivity index (χ4n) is 2.03. The van der Waals surface area contributed by atoms with Crippen LogP contribution in [0.5, 0.6) is 0 Å². The van der Waals surface area contributed by atoms with E-state index in [2.05, 4.69) is 9.62 Å². The molecule has 1 atom stereocenters. The van der Waals surface area contributed by atoms with E-state index in [1.54, 1.807) is 0 Å². The number of likely N-dealkylation sites (N-methyl/N-ethyl adjacent to an activating group) is 1. The molecule has 1 aliphatic rings. The van der Waals surface area contributed by atoms with Gasteiger partial charge in [-0.05, 0) is 12.6 Å². The first-order chi connectivity index (χ1) is 9.92. The maximum Gasteiger partial charge on any atom is 0.336 e. The van der Waals surface area contributed by atoms with Gasteiger partial charge in [0.25, 0.3) is 0 Å². The van der Waals surface area contributed by atoms with Crippen LogP contribution in [-0.4, -0.2) is 63.3 Å². The number of hydrogen-bond donors (Lipinski definition) is 2. The Bertz CT molecular complexity index is 599. The van der Waals surface area contributed by atoms with E-state index in [4.69, 9.17) is 9.84 Å². The van der Waals surface area contributed by atoms with Crippen LogP contribution < -0.4 is 4.72 Å². The fraction of sp³-hybridized carbons (Fsp3) is 0.583. The first kappa shape index (κ1) is 16.4. The van der Waals surface area contributed by atoms with Crippen molar-refractivity contribution in [1.82, 2.24) is 9.62 Å². The molecule has 1 aromatic rings.